The second-order valence-electron chi connectivity index (χ2n) is 2.53. The Morgan fingerprint density at radius 2 is 2.27 bits per heavy atom. The van der Waals surface area contributed by atoms with E-state index >= 15 is 0 Å². The predicted octanol–water partition coefficient (Wildman–Crippen LogP) is 3.27. The topological polar surface area (TPSA) is 56.0 Å². The lowest BCUT2D eigenvalue weighted by Crippen LogP contribution is -2.02. The van der Waals surface area contributed by atoms with Crippen LogP contribution in [0.2, 0.25) is 0 Å². The quantitative estimate of drug-likeness (QED) is 0.277. The fourth-order valence-electron chi connectivity index (χ4n) is 0.954. The zero-order valence-corrected chi connectivity index (χ0v) is 10.00. The molecule has 82 valence electrons. The van der Waals surface area contributed by atoms with Gasteiger partial charge in [-0.05, 0) is 22.6 Å². The van der Waals surface area contributed by atoms with Gasteiger partial charge < -0.3 is 0 Å². The zero-order valence-electron chi connectivity index (χ0n) is 7.08. The van der Waals surface area contributed by atoms with Crippen molar-refractivity contribution < 1.29 is 13.7 Å². The number of hydrogen-bond acceptors (Lipinski definition) is 3. The zero-order chi connectivity index (χ0) is 11.6. The molecule has 8 heteroatoms. The maximum absolute atomic E-state index is 12.5. The van der Waals surface area contributed by atoms with E-state index in [2.05, 4.69) is 4.98 Å². The lowest BCUT2D eigenvalue weighted by molar-refractivity contribution is -0.386. The second-order valence-corrected chi connectivity index (χ2v) is 3.81. The predicted molar refractivity (Wildman–Crippen MR) is 58.1 cm³/mol. The molecule has 0 aliphatic heterocycles. The second kappa shape index (κ2) is 4.97. The van der Waals surface area contributed by atoms with Crippen LogP contribution in [0.3, 0.4) is 0 Å². The molecule has 1 aromatic heterocycles. The smallest absolute Gasteiger partial charge is 0.258 e. The van der Waals surface area contributed by atoms with Gasteiger partial charge in [0.1, 0.15) is 0 Å². The number of rotatable bonds is 3. The maximum atomic E-state index is 12.5. The number of hydrogen-bond donors (Lipinski definition) is 0. The summed E-state index contributed by atoms with van der Waals surface area (Å²) >= 11 is 7.02. The minimum atomic E-state index is -2.82. The Bertz CT molecular complexity index is 403. The number of aromatic nitrogens is 1. The summed E-state index contributed by atoms with van der Waals surface area (Å²) in [6.45, 7) is 0. The van der Waals surface area contributed by atoms with Gasteiger partial charge in [0, 0.05) is 11.6 Å². The van der Waals surface area contributed by atoms with E-state index in [1.165, 1.54) is 0 Å². The van der Waals surface area contributed by atoms with Crippen LogP contribution >= 0.6 is 34.2 Å². The number of nitro groups is 1. The van der Waals surface area contributed by atoms with E-state index in [9.17, 15) is 18.9 Å². The summed E-state index contributed by atoms with van der Waals surface area (Å²) < 4.78 is 25.0. The SMILES string of the molecule is O=[N+]([O-])c1cc(C(F)F)c(CCl)nc1I. The van der Waals surface area contributed by atoms with Crippen molar-refractivity contribution >= 4 is 39.9 Å². The molecule has 0 radical (unpaired) electrons. The fraction of sp³-hybridized carbons (Fsp3) is 0.286. The average Bonchev–Trinajstić information content (AvgIpc) is 2.16. The summed E-state index contributed by atoms with van der Waals surface area (Å²) in [5.74, 6) is -0.201. The van der Waals surface area contributed by atoms with Crippen molar-refractivity contribution in [2.45, 2.75) is 12.3 Å². The van der Waals surface area contributed by atoms with Gasteiger partial charge in [-0.15, -0.1) is 11.6 Å². The Hall–Kier alpha value is -0.570. The lowest BCUT2D eigenvalue weighted by Gasteiger charge is -2.05. The molecule has 0 saturated carbocycles. The van der Waals surface area contributed by atoms with Crippen LogP contribution in [0, 0.1) is 13.8 Å². The van der Waals surface area contributed by atoms with Crippen molar-refractivity contribution in [3.8, 4) is 0 Å². The fourth-order valence-corrected chi connectivity index (χ4v) is 1.81. The number of pyridine rings is 1. The van der Waals surface area contributed by atoms with E-state index in [0.29, 0.717) is 0 Å². The molecular weight excluding hydrogens is 344 g/mol. The number of halogens is 4. The van der Waals surface area contributed by atoms with Crippen molar-refractivity contribution in [3.63, 3.8) is 0 Å². The standard InChI is InChI=1S/C7H4ClF2IN2O2/c8-2-4-3(6(9)10)1-5(13(14)15)7(11)12-4/h1,6H,2H2. The van der Waals surface area contributed by atoms with Crippen LogP contribution in [0.5, 0.6) is 0 Å². The van der Waals surface area contributed by atoms with E-state index in [4.69, 9.17) is 11.6 Å². The molecule has 0 aromatic carbocycles. The Kier molecular flexibility index (Phi) is 4.14. The van der Waals surface area contributed by atoms with E-state index in [0.717, 1.165) is 6.07 Å². The summed E-state index contributed by atoms with van der Waals surface area (Å²) in [4.78, 5) is 13.4. The molecule has 0 atom stereocenters. The largest absolute Gasteiger partial charge is 0.301 e. The van der Waals surface area contributed by atoms with Crippen molar-refractivity contribution in [2.75, 3.05) is 0 Å². The molecule has 0 saturated heterocycles. The molecule has 0 fully saturated rings. The van der Waals surface area contributed by atoms with Crippen LogP contribution in [0.4, 0.5) is 14.5 Å². The van der Waals surface area contributed by atoms with Gasteiger partial charge in [0.15, 0.2) is 3.70 Å². The Morgan fingerprint density at radius 3 is 2.67 bits per heavy atom. The first-order chi connectivity index (χ1) is 6.97. The van der Waals surface area contributed by atoms with Crippen LogP contribution in [0.1, 0.15) is 17.7 Å². The molecule has 1 aromatic rings. The normalized spacial score (nSPS) is 10.7. The van der Waals surface area contributed by atoms with Gasteiger partial charge >= 0.3 is 5.69 Å². The van der Waals surface area contributed by atoms with Crippen LogP contribution in [0.15, 0.2) is 6.07 Å². The molecule has 1 rings (SSSR count). The Labute approximate surface area is 102 Å². The Morgan fingerprint density at radius 1 is 1.67 bits per heavy atom. The molecule has 0 bridgehead atoms. The van der Waals surface area contributed by atoms with Gasteiger partial charge in [0.25, 0.3) is 6.43 Å². The summed E-state index contributed by atoms with van der Waals surface area (Å²) in [7, 11) is 0. The van der Waals surface area contributed by atoms with Crippen molar-refractivity contribution in [1.29, 1.82) is 0 Å². The van der Waals surface area contributed by atoms with Gasteiger partial charge in [-0.1, -0.05) is 0 Å². The Balaban J connectivity index is 3.37. The van der Waals surface area contributed by atoms with Crippen molar-refractivity contribution in [3.05, 3.63) is 31.1 Å². The van der Waals surface area contributed by atoms with E-state index in [1.807, 2.05) is 0 Å². The van der Waals surface area contributed by atoms with Gasteiger partial charge in [0.05, 0.1) is 16.5 Å². The summed E-state index contributed by atoms with van der Waals surface area (Å²) in [6.07, 6.45) is -2.82. The molecule has 0 aliphatic carbocycles. The maximum Gasteiger partial charge on any atom is 0.301 e. The van der Waals surface area contributed by atoms with Crippen LogP contribution in [-0.4, -0.2) is 9.91 Å². The molecule has 1 heterocycles. The van der Waals surface area contributed by atoms with Gasteiger partial charge in [-0.3, -0.25) is 10.1 Å². The first kappa shape index (κ1) is 12.5. The van der Waals surface area contributed by atoms with Gasteiger partial charge in [0.2, 0.25) is 0 Å². The third-order valence-corrected chi connectivity index (χ3v) is 2.68. The van der Waals surface area contributed by atoms with Crippen LogP contribution in [-0.2, 0) is 5.88 Å². The summed E-state index contributed by atoms with van der Waals surface area (Å²) in [6, 6.07) is 0.817. The number of alkyl halides is 3. The molecular formula is C7H4ClF2IN2O2. The molecule has 15 heavy (non-hydrogen) atoms. The van der Waals surface area contributed by atoms with Crippen molar-refractivity contribution in [1.82, 2.24) is 4.98 Å². The van der Waals surface area contributed by atoms with Crippen LogP contribution < -0.4 is 0 Å². The first-order valence-corrected chi connectivity index (χ1v) is 5.26. The van der Waals surface area contributed by atoms with Gasteiger partial charge in [-0.2, -0.15) is 0 Å². The highest BCUT2D eigenvalue weighted by Crippen LogP contribution is 2.29. The minimum absolute atomic E-state index is 0.0262. The highest BCUT2D eigenvalue weighted by molar-refractivity contribution is 14.1. The third-order valence-electron chi connectivity index (χ3n) is 1.63. The molecule has 0 aliphatic rings. The molecule has 0 N–H and O–H groups in total. The lowest BCUT2D eigenvalue weighted by atomic mass is 10.2. The number of nitrogens with zero attached hydrogens (tertiary/aromatic N) is 2. The molecule has 0 spiro atoms. The molecule has 4 nitrogen and oxygen atoms in total. The summed E-state index contributed by atoms with van der Waals surface area (Å²) in [5, 5.41) is 10.5. The van der Waals surface area contributed by atoms with Crippen molar-refractivity contribution in [2.24, 2.45) is 0 Å². The highest BCUT2D eigenvalue weighted by atomic mass is 127. The summed E-state index contributed by atoms with van der Waals surface area (Å²) in [5.41, 5.74) is -0.946. The monoisotopic (exact) mass is 348 g/mol. The van der Waals surface area contributed by atoms with E-state index in [1.54, 1.807) is 22.6 Å². The highest BCUT2D eigenvalue weighted by Gasteiger charge is 2.22. The molecule has 0 unspecified atom stereocenters. The van der Waals surface area contributed by atoms with Crippen LogP contribution in [0.25, 0.3) is 0 Å². The minimum Gasteiger partial charge on any atom is -0.258 e. The van der Waals surface area contributed by atoms with E-state index in [-0.39, 0.29) is 15.3 Å². The third kappa shape index (κ3) is 2.71. The van der Waals surface area contributed by atoms with Gasteiger partial charge in [-0.25, -0.2) is 13.8 Å². The van der Waals surface area contributed by atoms with E-state index < -0.39 is 22.6 Å². The first-order valence-electron chi connectivity index (χ1n) is 3.65. The average molecular weight is 348 g/mol. The molecule has 0 amide bonds.